The molecule has 1 aliphatic rings. The van der Waals surface area contributed by atoms with Gasteiger partial charge in [0.25, 0.3) is 0 Å². The number of rotatable bonds is 5. The average Bonchev–Trinajstić information content (AvgIpc) is 2.70. The van der Waals surface area contributed by atoms with E-state index in [4.69, 9.17) is 11.5 Å². The Hall–Kier alpha value is -1.70. The first kappa shape index (κ1) is 14.4. The van der Waals surface area contributed by atoms with Gasteiger partial charge in [0.1, 0.15) is 6.04 Å². The molecule has 100 valence electrons. The van der Waals surface area contributed by atoms with Crippen LogP contribution >= 0.6 is 0 Å². The van der Waals surface area contributed by atoms with Crippen LogP contribution in [0, 0.1) is 18.3 Å². The van der Waals surface area contributed by atoms with Crippen LogP contribution in [-0.2, 0) is 4.79 Å². The Labute approximate surface area is 108 Å². The molecule has 2 N–H and O–H groups in total. The molecular formula is C13H20N2O3. The minimum absolute atomic E-state index is 0.00897. The van der Waals surface area contributed by atoms with Crippen LogP contribution in [0.5, 0.6) is 0 Å². The summed E-state index contributed by atoms with van der Waals surface area (Å²) < 4.78 is 0. The Morgan fingerprint density at radius 1 is 1.50 bits per heavy atom. The summed E-state index contributed by atoms with van der Waals surface area (Å²) >= 11 is 0. The molecular weight excluding hydrogens is 232 g/mol. The summed E-state index contributed by atoms with van der Waals surface area (Å²) in [5.41, 5.74) is 0. The predicted octanol–water partition coefficient (Wildman–Crippen LogP) is 1.29. The van der Waals surface area contributed by atoms with Gasteiger partial charge in [-0.3, -0.25) is 0 Å². The van der Waals surface area contributed by atoms with E-state index in [1.807, 2.05) is 6.92 Å². The molecule has 1 rings (SSSR count). The first-order valence-electron chi connectivity index (χ1n) is 6.28. The molecule has 0 radical (unpaired) electrons. The monoisotopic (exact) mass is 252 g/mol. The number of nitrogens with zero attached hydrogens (tertiary/aromatic N) is 1. The van der Waals surface area contributed by atoms with Crippen molar-refractivity contribution in [2.75, 3.05) is 13.1 Å². The third-order valence-electron chi connectivity index (χ3n) is 3.24. The number of carbonyl (C=O) groups is 2. The highest BCUT2D eigenvalue weighted by atomic mass is 16.4. The molecule has 0 aliphatic carbocycles. The zero-order valence-electron chi connectivity index (χ0n) is 10.7. The van der Waals surface area contributed by atoms with Crippen molar-refractivity contribution in [3.63, 3.8) is 0 Å². The van der Waals surface area contributed by atoms with Crippen LogP contribution in [0.15, 0.2) is 0 Å². The quantitative estimate of drug-likeness (QED) is 0.572. The number of unbranched alkanes of at least 4 members (excludes halogenated alkanes) is 2. The van der Waals surface area contributed by atoms with Gasteiger partial charge in [-0.25, -0.2) is 9.59 Å². The maximum Gasteiger partial charge on any atom is 0.326 e. The van der Waals surface area contributed by atoms with Crippen molar-refractivity contribution in [2.45, 2.75) is 38.6 Å². The number of amides is 2. The Bertz CT molecular complexity index is 349. The SMILES string of the molecule is C#CCCCCNC(=O)N1CCC(C)C1C(=O)O. The summed E-state index contributed by atoms with van der Waals surface area (Å²) in [5, 5.41) is 11.8. The molecule has 18 heavy (non-hydrogen) atoms. The van der Waals surface area contributed by atoms with Gasteiger partial charge < -0.3 is 15.3 Å². The number of hydrogen-bond acceptors (Lipinski definition) is 2. The lowest BCUT2D eigenvalue weighted by Crippen LogP contribution is -2.47. The van der Waals surface area contributed by atoms with Crippen LogP contribution in [0.3, 0.4) is 0 Å². The zero-order chi connectivity index (χ0) is 13.5. The number of carbonyl (C=O) groups excluding carboxylic acids is 1. The van der Waals surface area contributed by atoms with E-state index in [0.717, 1.165) is 19.3 Å². The van der Waals surface area contributed by atoms with Gasteiger partial charge in [-0.15, -0.1) is 12.3 Å². The first-order chi connectivity index (χ1) is 8.57. The third-order valence-corrected chi connectivity index (χ3v) is 3.24. The highest BCUT2D eigenvalue weighted by Gasteiger charge is 2.39. The highest BCUT2D eigenvalue weighted by Crippen LogP contribution is 2.23. The summed E-state index contributed by atoms with van der Waals surface area (Å²) in [5.74, 6) is 1.62. The molecule has 0 aromatic rings. The summed E-state index contributed by atoms with van der Waals surface area (Å²) in [6.07, 6.45) is 8.25. The van der Waals surface area contributed by atoms with E-state index in [1.54, 1.807) is 0 Å². The number of aliphatic carboxylic acids is 1. The molecule has 2 amide bonds. The molecule has 1 heterocycles. The first-order valence-corrected chi connectivity index (χ1v) is 6.28. The molecule has 5 heteroatoms. The number of carboxylic acid groups (broad SMARTS) is 1. The fourth-order valence-electron chi connectivity index (χ4n) is 2.20. The number of nitrogens with one attached hydrogen (secondary N) is 1. The maximum absolute atomic E-state index is 11.8. The van der Waals surface area contributed by atoms with Crippen LogP contribution in [0.1, 0.15) is 32.6 Å². The van der Waals surface area contributed by atoms with Gasteiger partial charge in [0.2, 0.25) is 0 Å². The lowest BCUT2D eigenvalue weighted by molar-refractivity contribution is -0.142. The van der Waals surface area contributed by atoms with Crippen LogP contribution in [0.25, 0.3) is 0 Å². The molecule has 0 bridgehead atoms. The highest BCUT2D eigenvalue weighted by molar-refractivity contribution is 5.83. The van der Waals surface area contributed by atoms with Gasteiger partial charge in [-0.05, 0) is 25.2 Å². The fraction of sp³-hybridized carbons (Fsp3) is 0.692. The van der Waals surface area contributed by atoms with Gasteiger partial charge in [-0.1, -0.05) is 6.92 Å². The topological polar surface area (TPSA) is 69.6 Å². The fourth-order valence-corrected chi connectivity index (χ4v) is 2.20. The van der Waals surface area contributed by atoms with Crippen LogP contribution < -0.4 is 5.32 Å². The number of hydrogen-bond donors (Lipinski definition) is 2. The lowest BCUT2D eigenvalue weighted by Gasteiger charge is -2.23. The van der Waals surface area contributed by atoms with Crippen molar-refractivity contribution in [3.8, 4) is 12.3 Å². The van der Waals surface area contributed by atoms with E-state index in [9.17, 15) is 9.59 Å². The van der Waals surface area contributed by atoms with Crippen LogP contribution in [0.2, 0.25) is 0 Å². The van der Waals surface area contributed by atoms with Crippen molar-refractivity contribution < 1.29 is 14.7 Å². The molecule has 2 unspecified atom stereocenters. The number of likely N-dealkylation sites (tertiary alicyclic amines) is 1. The predicted molar refractivity (Wildman–Crippen MR) is 68.0 cm³/mol. The van der Waals surface area contributed by atoms with E-state index in [-0.39, 0.29) is 11.9 Å². The van der Waals surface area contributed by atoms with Crippen LogP contribution in [0.4, 0.5) is 4.79 Å². The Morgan fingerprint density at radius 2 is 2.22 bits per heavy atom. The van der Waals surface area contributed by atoms with E-state index in [0.29, 0.717) is 19.5 Å². The summed E-state index contributed by atoms with van der Waals surface area (Å²) in [7, 11) is 0. The van der Waals surface area contributed by atoms with Gasteiger partial charge in [-0.2, -0.15) is 0 Å². The molecule has 1 aliphatic heterocycles. The summed E-state index contributed by atoms with van der Waals surface area (Å²) in [4.78, 5) is 24.4. The van der Waals surface area contributed by atoms with Gasteiger partial charge >= 0.3 is 12.0 Å². The van der Waals surface area contributed by atoms with Gasteiger partial charge in [0.15, 0.2) is 0 Å². The normalized spacial score (nSPS) is 22.6. The second kappa shape index (κ2) is 6.90. The van der Waals surface area contributed by atoms with Crippen molar-refractivity contribution in [1.29, 1.82) is 0 Å². The summed E-state index contributed by atoms with van der Waals surface area (Å²) in [6, 6.07) is -0.983. The van der Waals surface area contributed by atoms with Crippen molar-refractivity contribution in [1.82, 2.24) is 10.2 Å². The van der Waals surface area contributed by atoms with Crippen LogP contribution in [-0.4, -0.2) is 41.1 Å². The maximum atomic E-state index is 11.8. The van der Waals surface area contributed by atoms with Gasteiger partial charge in [0, 0.05) is 19.5 Å². The minimum atomic E-state index is -0.928. The number of carboxylic acids is 1. The van der Waals surface area contributed by atoms with E-state index >= 15 is 0 Å². The Kier molecular flexibility index (Phi) is 5.50. The molecule has 0 spiro atoms. The van der Waals surface area contributed by atoms with Crippen molar-refractivity contribution >= 4 is 12.0 Å². The molecule has 0 aromatic carbocycles. The number of urea groups is 1. The third kappa shape index (κ3) is 3.66. The second-order valence-electron chi connectivity index (χ2n) is 4.64. The van der Waals surface area contributed by atoms with Crippen molar-refractivity contribution in [2.24, 2.45) is 5.92 Å². The average molecular weight is 252 g/mol. The molecule has 5 nitrogen and oxygen atoms in total. The lowest BCUT2D eigenvalue weighted by atomic mass is 10.0. The van der Waals surface area contributed by atoms with E-state index in [2.05, 4.69) is 11.2 Å². The Morgan fingerprint density at radius 3 is 2.83 bits per heavy atom. The largest absolute Gasteiger partial charge is 0.480 e. The van der Waals surface area contributed by atoms with Gasteiger partial charge in [0.05, 0.1) is 0 Å². The standard InChI is InChI=1S/C13H20N2O3/c1-3-4-5-6-8-14-13(18)15-9-7-10(2)11(15)12(16)17/h1,10-11H,4-9H2,2H3,(H,14,18)(H,16,17). The second-order valence-corrected chi connectivity index (χ2v) is 4.64. The van der Waals surface area contributed by atoms with E-state index < -0.39 is 12.0 Å². The molecule has 1 saturated heterocycles. The number of terminal acetylenes is 1. The molecule has 1 fully saturated rings. The Balaban J connectivity index is 2.37. The molecule has 0 aromatic heterocycles. The smallest absolute Gasteiger partial charge is 0.326 e. The molecule has 2 atom stereocenters. The molecule has 0 saturated carbocycles. The van der Waals surface area contributed by atoms with E-state index in [1.165, 1.54) is 4.90 Å². The summed E-state index contributed by atoms with van der Waals surface area (Å²) in [6.45, 7) is 2.91. The zero-order valence-corrected chi connectivity index (χ0v) is 10.7. The minimum Gasteiger partial charge on any atom is -0.480 e. The van der Waals surface area contributed by atoms with Crippen molar-refractivity contribution in [3.05, 3.63) is 0 Å².